The molecule has 28 heavy (non-hydrogen) atoms. The third kappa shape index (κ3) is 4.31. The summed E-state index contributed by atoms with van der Waals surface area (Å²) in [6.07, 6.45) is 2.73. The van der Waals surface area contributed by atoms with E-state index < -0.39 is 0 Å². The van der Waals surface area contributed by atoms with Crippen LogP contribution in [-0.4, -0.2) is 43.5 Å². The first-order valence-electron chi connectivity index (χ1n) is 9.02. The van der Waals surface area contributed by atoms with Crippen LogP contribution in [0.4, 0.5) is 5.82 Å². The first-order chi connectivity index (χ1) is 13.5. The number of thioether (sulfide) groups is 1. The van der Waals surface area contributed by atoms with Gasteiger partial charge in [0.05, 0.1) is 5.75 Å². The lowest BCUT2D eigenvalue weighted by Crippen LogP contribution is -2.48. The number of rotatable bonds is 3. The molecule has 6 nitrogen and oxygen atoms in total. The Morgan fingerprint density at radius 2 is 2.14 bits per heavy atom. The van der Waals surface area contributed by atoms with Crippen molar-refractivity contribution in [3.05, 3.63) is 57.0 Å². The van der Waals surface area contributed by atoms with Gasteiger partial charge in [-0.3, -0.25) is 9.59 Å². The van der Waals surface area contributed by atoms with Gasteiger partial charge in [-0.2, -0.15) is 0 Å². The predicted octanol–water partition coefficient (Wildman–Crippen LogP) is 3.08. The summed E-state index contributed by atoms with van der Waals surface area (Å²) in [4.78, 5) is 30.6. The maximum atomic E-state index is 12.2. The standard InChI is InChI=1S/C19H19BrN4O2S2/c20-14-4-5-16(21-7-14)22-17(25)11-28-19(27)23-8-12-6-13(10-23)15-2-1-3-18(26)24(15)9-12/h1-5,7,12-13H,6,8-11H2,(H,21,22,25)/t12-,13+/m0/s1. The average Bonchev–Trinajstić information content (AvgIpc) is 2.68. The first-order valence-corrected chi connectivity index (χ1v) is 11.2. The minimum absolute atomic E-state index is 0.0795. The SMILES string of the molecule is O=C(CSC(=S)N1C[C@@H]2C[C@H](C1)c1cccc(=O)n1C2)Nc1ccc(Br)cn1. The lowest BCUT2D eigenvalue weighted by atomic mass is 9.83. The van der Waals surface area contributed by atoms with Gasteiger partial charge in [0, 0.05) is 48.0 Å². The van der Waals surface area contributed by atoms with Gasteiger partial charge in [-0.1, -0.05) is 30.0 Å². The number of aromatic nitrogens is 2. The number of hydrogen-bond donors (Lipinski definition) is 1. The maximum absolute atomic E-state index is 12.2. The van der Waals surface area contributed by atoms with Crippen LogP contribution in [0.3, 0.4) is 0 Å². The summed E-state index contributed by atoms with van der Waals surface area (Å²) in [7, 11) is 0. The van der Waals surface area contributed by atoms with Crippen molar-refractivity contribution in [2.75, 3.05) is 24.2 Å². The van der Waals surface area contributed by atoms with E-state index in [2.05, 4.69) is 31.1 Å². The molecule has 2 aliphatic heterocycles. The number of halogens is 1. The number of pyridine rings is 2. The van der Waals surface area contributed by atoms with E-state index in [0.29, 0.717) is 17.7 Å². The highest BCUT2D eigenvalue weighted by Gasteiger charge is 2.35. The number of carbonyl (C=O) groups excluding carboxylic acids is 1. The fourth-order valence-electron chi connectivity index (χ4n) is 3.89. The molecule has 1 N–H and O–H groups in total. The molecule has 146 valence electrons. The summed E-state index contributed by atoms with van der Waals surface area (Å²) in [6, 6.07) is 9.08. The number of likely N-dealkylation sites (tertiary alicyclic amines) is 1. The van der Waals surface area contributed by atoms with Gasteiger partial charge >= 0.3 is 0 Å². The van der Waals surface area contributed by atoms with Crippen LogP contribution >= 0.6 is 39.9 Å². The van der Waals surface area contributed by atoms with Crippen molar-refractivity contribution in [2.24, 2.45) is 5.92 Å². The van der Waals surface area contributed by atoms with E-state index in [1.54, 1.807) is 18.3 Å². The Balaban J connectivity index is 1.34. The number of thiocarbonyl (C=S) groups is 1. The fourth-order valence-corrected chi connectivity index (χ4v) is 5.11. The molecule has 1 saturated heterocycles. The van der Waals surface area contributed by atoms with Crippen molar-refractivity contribution in [3.8, 4) is 0 Å². The van der Waals surface area contributed by atoms with E-state index in [9.17, 15) is 9.59 Å². The second kappa shape index (κ2) is 8.34. The Morgan fingerprint density at radius 1 is 1.29 bits per heavy atom. The number of piperidine rings is 1. The largest absolute Gasteiger partial charge is 0.356 e. The van der Waals surface area contributed by atoms with Crippen LogP contribution in [0, 0.1) is 5.92 Å². The van der Waals surface area contributed by atoms with Gasteiger partial charge in [-0.25, -0.2) is 4.98 Å². The van der Waals surface area contributed by atoms with Gasteiger partial charge in [0.2, 0.25) is 5.91 Å². The molecular formula is C19H19BrN4O2S2. The van der Waals surface area contributed by atoms with Gasteiger partial charge in [-0.15, -0.1) is 0 Å². The Kier molecular flexibility index (Phi) is 5.84. The van der Waals surface area contributed by atoms with Crippen molar-refractivity contribution >= 4 is 56.0 Å². The molecule has 0 aliphatic carbocycles. The Morgan fingerprint density at radius 3 is 2.93 bits per heavy atom. The molecular weight excluding hydrogens is 460 g/mol. The van der Waals surface area contributed by atoms with Crippen LogP contribution in [0.2, 0.25) is 0 Å². The number of nitrogens with one attached hydrogen (secondary N) is 1. The zero-order chi connectivity index (χ0) is 19.7. The smallest absolute Gasteiger partial charge is 0.250 e. The van der Waals surface area contributed by atoms with Crippen LogP contribution in [0.15, 0.2) is 45.8 Å². The topological polar surface area (TPSA) is 67.2 Å². The summed E-state index contributed by atoms with van der Waals surface area (Å²) in [5, 5.41) is 2.78. The molecule has 2 atom stereocenters. The van der Waals surface area contributed by atoms with Crippen LogP contribution in [-0.2, 0) is 11.3 Å². The molecule has 2 aromatic heterocycles. The predicted molar refractivity (Wildman–Crippen MR) is 119 cm³/mol. The second-order valence-corrected chi connectivity index (χ2v) is 9.59. The van der Waals surface area contributed by atoms with E-state index in [-0.39, 0.29) is 17.2 Å². The number of hydrogen-bond acceptors (Lipinski definition) is 5. The average molecular weight is 479 g/mol. The monoisotopic (exact) mass is 478 g/mol. The molecule has 0 spiro atoms. The molecule has 1 fully saturated rings. The molecule has 0 radical (unpaired) electrons. The van der Waals surface area contributed by atoms with Gasteiger partial charge in [0.1, 0.15) is 10.1 Å². The van der Waals surface area contributed by atoms with E-state index in [1.807, 2.05) is 22.8 Å². The second-order valence-electron chi connectivity index (χ2n) is 7.07. The third-order valence-corrected chi connectivity index (χ3v) is 7.05. The molecule has 0 aromatic carbocycles. The van der Waals surface area contributed by atoms with Crippen LogP contribution < -0.4 is 10.9 Å². The zero-order valence-electron chi connectivity index (χ0n) is 15.0. The molecule has 4 heterocycles. The Hall–Kier alpha value is -1.71. The first kappa shape index (κ1) is 19.6. The molecule has 4 rings (SSSR count). The van der Waals surface area contributed by atoms with Crippen molar-refractivity contribution in [2.45, 2.75) is 18.9 Å². The molecule has 1 amide bonds. The summed E-state index contributed by atoms with van der Waals surface area (Å²) < 4.78 is 3.51. The number of carbonyl (C=O) groups is 1. The molecule has 9 heteroatoms. The minimum atomic E-state index is -0.128. The van der Waals surface area contributed by atoms with Crippen molar-refractivity contribution < 1.29 is 4.79 Å². The van der Waals surface area contributed by atoms with Crippen LogP contribution in [0.5, 0.6) is 0 Å². The highest BCUT2D eigenvalue weighted by atomic mass is 79.9. The number of anilines is 1. The van der Waals surface area contributed by atoms with Gasteiger partial charge in [0.25, 0.3) is 5.56 Å². The van der Waals surface area contributed by atoms with Crippen LogP contribution in [0.1, 0.15) is 18.0 Å². The normalized spacial score (nSPS) is 20.4. The highest BCUT2D eigenvalue weighted by Crippen LogP contribution is 2.36. The minimum Gasteiger partial charge on any atom is -0.356 e. The Labute approximate surface area is 180 Å². The van der Waals surface area contributed by atoms with Gasteiger partial charge in [0.15, 0.2) is 0 Å². The van der Waals surface area contributed by atoms with Gasteiger partial charge in [-0.05, 0) is 46.5 Å². The number of amides is 1. The van der Waals surface area contributed by atoms with Gasteiger partial charge < -0.3 is 14.8 Å². The van der Waals surface area contributed by atoms with Crippen LogP contribution in [0.25, 0.3) is 0 Å². The Bertz CT molecular complexity index is 963. The lowest BCUT2D eigenvalue weighted by Gasteiger charge is -2.43. The van der Waals surface area contributed by atoms with Crippen molar-refractivity contribution in [1.82, 2.24) is 14.5 Å². The van der Waals surface area contributed by atoms with Crippen molar-refractivity contribution in [3.63, 3.8) is 0 Å². The molecule has 2 aliphatic rings. The lowest BCUT2D eigenvalue weighted by molar-refractivity contribution is -0.113. The summed E-state index contributed by atoms with van der Waals surface area (Å²) in [5.74, 6) is 1.36. The summed E-state index contributed by atoms with van der Waals surface area (Å²) in [5.41, 5.74) is 1.18. The molecule has 0 saturated carbocycles. The molecule has 2 bridgehead atoms. The number of nitrogens with zero attached hydrogens (tertiary/aromatic N) is 3. The van der Waals surface area contributed by atoms with E-state index in [4.69, 9.17) is 12.2 Å². The zero-order valence-corrected chi connectivity index (χ0v) is 18.2. The van der Waals surface area contributed by atoms with E-state index in [0.717, 1.165) is 40.5 Å². The van der Waals surface area contributed by atoms with E-state index >= 15 is 0 Å². The quantitative estimate of drug-likeness (QED) is 0.683. The summed E-state index contributed by atoms with van der Waals surface area (Å²) in [6.45, 7) is 2.37. The molecule has 0 unspecified atom stereocenters. The van der Waals surface area contributed by atoms with E-state index in [1.165, 1.54) is 11.8 Å². The molecule has 2 aromatic rings. The van der Waals surface area contributed by atoms with Crippen molar-refractivity contribution in [1.29, 1.82) is 0 Å². The highest BCUT2D eigenvalue weighted by molar-refractivity contribution is 9.10. The third-order valence-electron chi connectivity index (χ3n) is 5.06. The maximum Gasteiger partial charge on any atom is 0.250 e. The fraction of sp³-hybridized carbons (Fsp3) is 0.368. The summed E-state index contributed by atoms with van der Waals surface area (Å²) >= 11 is 10.3. The number of fused-ring (bicyclic) bond motifs is 4.